The van der Waals surface area contributed by atoms with Gasteiger partial charge in [-0.15, -0.1) is 21.5 Å². The van der Waals surface area contributed by atoms with Crippen molar-refractivity contribution in [2.45, 2.75) is 45.6 Å². The fourth-order valence-electron chi connectivity index (χ4n) is 2.72. The average molecular weight is 385 g/mol. The summed E-state index contributed by atoms with van der Waals surface area (Å²) in [5, 5.41) is 11.1. The normalized spacial score (nSPS) is 12.1. The first-order valence-electron chi connectivity index (χ1n) is 9.06. The smallest absolute Gasteiger partial charge is 0.223 e. The summed E-state index contributed by atoms with van der Waals surface area (Å²) < 4.78 is 5.68. The van der Waals surface area contributed by atoms with Crippen LogP contribution in [0.1, 0.15) is 47.4 Å². The number of hydrogen-bond acceptors (Lipinski definition) is 6. The van der Waals surface area contributed by atoms with E-state index in [0.717, 1.165) is 17.1 Å². The summed E-state index contributed by atoms with van der Waals surface area (Å²) in [6, 6.07) is 10.2. The number of aromatic nitrogens is 3. The fourth-order valence-corrected chi connectivity index (χ4v) is 3.62. The molecule has 27 heavy (non-hydrogen) atoms. The van der Waals surface area contributed by atoms with Crippen LogP contribution in [0.25, 0.3) is 0 Å². The van der Waals surface area contributed by atoms with Gasteiger partial charge >= 0.3 is 0 Å². The summed E-state index contributed by atoms with van der Waals surface area (Å²) in [6.07, 6.45) is 2.34. The van der Waals surface area contributed by atoms with Gasteiger partial charge in [0.1, 0.15) is 5.01 Å². The molecule has 0 aliphatic carbocycles. The van der Waals surface area contributed by atoms with E-state index in [1.165, 1.54) is 5.56 Å². The molecule has 0 spiro atoms. The van der Waals surface area contributed by atoms with Crippen molar-refractivity contribution in [1.82, 2.24) is 20.1 Å². The molecule has 0 fully saturated rings. The Bertz CT molecular complexity index is 875. The number of carbonyl (C=O) groups excluding carboxylic acids is 1. The van der Waals surface area contributed by atoms with E-state index in [2.05, 4.69) is 27.3 Å². The molecule has 6 nitrogen and oxygen atoms in total. The van der Waals surface area contributed by atoms with Crippen LogP contribution in [0.2, 0.25) is 0 Å². The molecule has 1 aromatic carbocycles. The Morgan fingerprint density at radius 1 is 1.15 bits per heavy atom. The van der Waals surface area contributed by atoms with Gasteiger partial charge in [0.05, 0.1) is 6.04 Å². The third-order valence-electron chi connectivity index (χ3n) is 4.50. The molecule has 7 heteroatoms. The number of nitrogens with zero attached hydrogens (tertiary/aromatic N) is 4. The molecule has 0 saturated carbocycles. The molecule has 0 saturated heterocycles. The highest BCUT2D eigenvalue weighted by Gasteiger charge is 2.20. The molecule has 3 aromatic rings. The zero-order valence-corrected chi connectivity index (χ0v) is 16.7. The predicted molar refractivity (Wildman–Crippen MR) is 105 cm³/mol. The van der Waals surface area contributed by atoms with Crippen LogP contribution in [0.3, 0.4) is 0 Å². The van der Waals surface area contributed by atoms with Crippen molar-refractivity contribution in [2.24, 2.45) is 0 Å². The third kappa shape index (κ3) is 5.23. The maximum absolute atomic E-state index is 12.5. The second-order valence-corrected chi connectivity index (χ2v) is 7.47. The first kappa shape index (κ1) is 19.2. The molecule has 1 unspecified atom stereocenters. The first-order valence-corrected chi connectivity index (χ1v) is 9.93. The van der Waals surface area contributed by atoms with Crippen LogP contribution in [0.4, 0.5) is 0 Å². The van der Waals surface area contributed by atoms with Crippen LogP contribution < -0.4 is 0 Å². The van der Waals surface area contributed by atoms with E-state index in [-0.39, 0.29) is 11.9 Å². The predicted octanol–water partition coefficient (Wildman–Crippen LogP) is 3.77. The summed E-state index contributed by atoms with van der Waals surface area (Å²) in [6.45, 7) is 3.95. The molecule has 142 valence electrons. The highest BCUT2D eigenvalue weighted by atomic mass is 32.1. The molecule has 0 aliphatic rings. The van der Waals surface area contributed by atoms with Gasteiger partial charge in [0.15, 0.2) is 0 Å². The number of aryl methyl sites for hydroxylation is 4. The molecule has 2 heterocycles. The van der Waals surface area contributed by atoms with E-state index < -0.39 is 0 Å². The largest absolute Gasteiger partial charge is 0.425 e. The molecule has 1 atom stereocenters. The Kier molecular flexibility index (Phi) is 6.34. The standard InChI is InChI=1S/C20H24N4O2S/c1-14-13-27-20(21-14)15(2)24(3)19(25)12-11-18-23-22-17(26-18)10-9-16-7-5-4-6-8-16/h4-8,13,15H,9-12H2,1-3H3. The summed E-state index contributed by atoms with van der Waals surface area (Å²) in [5.41, 5.74) is 2.22. The van der Waals surface area contributed by atoms with Crippen molar-refractivity contribution in [3.05, 3.63) is 63.8 Å². The van der Waals surface area contributed by atoms with Gasteiger partial charge in [-0.2, -0.15) is 0 Å². The highest BCUT2D eigenvalue weighted by Crippen LogP contribution is 2.23. The van der Waals surface area contributed by atoms with Crippen molar-refractivity contribution in [3.8, 4) is 0 Å². The summed E-state index contributed by atoms with van der Waals surface area (Å²) in [5.74, 6) is 1.17. The quantitative estimate of drug-likeness (QED) is 0.591. The number of thiazole rings is 1. The molecule has 3 rings (SSSR count). The van der Waals surface area contributed by atoms with E-state index in [4.69, 9.17) is 4.42 Å². The van der Waals surface area contributed by atoms with Gasteiger partial charge in [0.2, 0.25) is 17.7 Å². The van der Waals surface area contributed by atoms with E-state index >= 15 is 0 Å². The van der Waals surface area contributed by atoms with Gasteiger partial charge in [-0.1, -0.05) is 30.3 Å². The lowest BCUT2D eigenvalue weighted by molar-refractivity contribution is -0.131. The minimum atomic E-state index is -0.0414. The number of benzene rings is 1. The van der Waals surface area contributed by atoms with Crippen LogP contribution in [-0.4, -0.2) is 33.0 Å². The molecule has 0 bridgehead atoms. The van der Waals surface area contributed by atoms with Crippen molar-refractivity contribution in [3.63, 3.8) is 0 Å². The Morgan fingerprint density at radius 2 is 1.85 bits per heavy atom. The van der Waals surface area contributed by atoms with Gasteiger partial charge in [0.25, 0.3) is 0 Å². The SMILES string of the molecule is Cc1csc(C(C)N(C)C(=O)CCc2nnc(CCc3ccccc3)o2)n1. The van der Waals surface area contributed by atoms with Crippen LogP contribution in [-0.2, 0) is 24.1 Å². The molecule has 1 amide bonds. The van der Waals surface area contributed by atoms with Gasteiger partial charge in [-0.05, 0) is 25.8 Å². The monoisotopic (exact) mass is 384 g/mol. The van der Waals surface area contributed by atoms with Crippen molar-refractivity contribution >= 4 is 17.2 Å². The van der Waals surface area contributed by atoms with Crippen LogP contribution in [0.5, 0.6) is 0 Å². The van der Waals surface area contributed by atoms with Crippen LogP contribution >= 0.6 is 11.3 Å². The maximum atomic E-state index is 12.5. The lowest BCUT2D eigenvalue weighted by Gasteiger charge is -2.23. The molecule has 0 N–H and O–H groups in total. The van der Waals surface area contributed by atoms with Crippen LogP contribution in [0, 0.1) is 6.92 Å². The van der Waals surface area contributed by atoms with E-state index in [1.807, 2.05) is 44.5 Å². The second-order valence-electron chi connectivity index (χ2n) is 6.58. The number of amides is 1. The Labute approximate surface area is 163 Å². The van der Waals surface area contributed by atoms with Gasteiger partial charge in [0, 0.05) is 37.4 Å². The first-order chi connectivity index (χ1) is 13.0. The van der Waals surface area contributed by atoms with E-state index in [0.29, 0.717) is 31.0 Å². The zero-order chi connectivity index (χ0) is 19.2. The molecular formula is C20H24N4O2S. The molecule has 0 radical (unpaired) electrons. The summed E-state index contributed by atoms with van der Waals surface area (Å²) in [7, 11) is 1.81. The minimum absolute atomic E-state index is 0.0411. The van der Waals surface area contributed by atoms with Gasteiger partial charge in [-0.3, -0.25) is 4.79 Å². The van der Waals surface area contributed by atoms with Gasteiger partial charge < -0.3 is 9.32 Å². The Hall–Kier alpha value is -2.54. The van der Waals surface area contributed by atoms with Crippen molar-refractivity contribution < 1.29 is 9.21 Å². The lowest BCUT2D eigenvalue weighted by Crippen LogP contribution is -2.29. The van der Waals surface area contributed by atoms with Crippen LogP contribution in [0.15, 0.2) is 40.1 Å². The minimum Gasteiger partial charge on any atom is -0.425 e. The maximum Gasteiger partial charge on any atom is 0.223 e. The number of rotatable bonds is 8. The average Bonchev–Trinajstić information content (AvgIpc) is 3.33. The lowest BCUT2D eigenvalue weighted by atomic mass is 10.1. The fraction of sp³-hybridized carbons (Fsp3) is 0.400. The molecule has 2 aromatic heterocycles. The molecular weight excluding hydrogens is 360 g/mol. The molecule has 0 aliphatic heterocycles. The topological polar surface area (TPSA) is 72.1 Å². The number of carbonyl (C=O) groups is 1. The Balaban J connectivity index is 1.48. The third-order valence-corrected chi connectivity index (χ3v) is 5.63. The highest BCUT2D eigenvalue weighted by molar-refractivity contribution is 7.09. The summed E-state index contributed by atoms with van der Waals surface area (Å²) >= 11 is 1.58. The van der Waals surface area contributed by atoms with E-state index in [9.17, 15) is 4.79 Å². The van der Waals surface area contributed by atoms with Crippen molar-refractivity contribution in [1.29, 1.82) is 0 Å². The zero-order valence-electron chi connectivity index (χ0n) is 15.9. The number of hydrogen-bond donors (Lipinski definition) is 0. The van der Waals surface area contributed by atoms with Gasteiger partial charge in [-0.25, -0.2) is 4.98 Å². The second kappa shape index (κ2) is 8.90. The Morgan fingerprint density at radius 3 is 2.52 bits per heavy atom. The van der Waals surface area contributed by atoms with Crippen molar-refractivity contribution in [2.75, 3.05) is 7.05 Å². The van der Waals surface area contributed by atoms with E-state index in [1.54, 1.807) is 16.2 Å². The summed E-state index contributed by atoms with van der Waals surface area (Å²) in [4.78, 5) is 18.7.